The Bertz CT molecular complexity index is 974. The van der Waals surface area contributed by atoms with Crippen molar-refractivity contribution in [2.45, 2.75) is 58.6 Å². The van der Waals surface area contributed by atoms with E-state index < -0.39 is 11.0 Å². The van der Waals surface area contributed by atoms with Gasteiger partial charge in [-0.1, -0.05) is 68.0 Å². The van der Waals surface area contributed by atoms with Crippen molar-refractivity contribution < 1.29 is 14.7 Å². The first kappa shape index (κ1) is 22.7. The molecule has 1 aromatic rings. The van der Waals surface area contributed by atoms with Crippen molar-refractivity contribution in [1.29, 1.82) is 0 Å². The van der Waals surface area contributed by atoms with Crippen molar-refractivity contribution in [1.82, 2.24) is 5.32 Å². The van der Waals surface area contributed by atoms with E-state index in [4.69, 9.17) is 0 Å². The number of hydrogen-bond acceptors (Lipinski definition) is 3. The SMILES string of the molecule is CC1=C[C@H]2/C=C/C[C@@H](C)C[C@@](C)(O)/C=C/C(=O)[C@@]23C(=O)N[C@H](Cc2ccccc2)[C@H]3[C@H]1C. The van der Waals surface area contributed by atoms with Gasteiger partial charge in [0.2, 0.25) is 5.91 Å². The number of amides is 1. The quantitative estimate of drug-likeness (QED) is 0.536. The summed E-state index contributed by atoms with van der Waals surface area (Å²) in [6.07, 6.45) is 11.4. The van der Waals surface area contributed by atoms with Gasteiger partial charge in [0.1, 0.15) is 5.41 Å². The fraction of sp³-hybridized carbons (Fsp3) is 0.500. The number of rotatable bonds is 2. The summed E-state index contributed by atoms with van der Waals surface area (Å²) in [7, 11) is 0. The minimum absolute atomic E-state index is 0.0919. The first-order valence-corrected chi connectivity index (χ1v) is 11.8. The number of carbonyl (C=O) groups is 2. The highest BCUT2D eigenvalue weighted by Crippen LogP contribution is 2.54. The van der Waals surface area contributed by atoms with Crippen molar-refractivity contribution in [2.75, 3.05) is 0 Å². The molecule has 0 unspecified atom stereocenters. The molecule has 32 heavy (non-hydrogen) atoms. The van der Waals surface area contributed by atoms with E-state index >= 15 is 0 Å². The Kier molecular flexibility index (Phi) is 6.02. The van der Waals surface area contributed by atoms with Gasteiger partial charge in [-0.3, -0.25) is 9.59 Å². The molecule has 1 aliphatic heterocycles. The van der Waals surface area contributed by atoms with Crippen LogP contribution in [0.25, 0.3) is 0 Å². The number of nitrogens with one attached hydrogen (secondary N) is 1. The fourth-order valence-corrected chi connectivity index (χ4v) is 6.21. The number of aliphatic hydroxyl groups is 1. The van der Waals surface area contributed by atoms with Gasteiger partial charge in [0.15, 0.2) is 5.78 Å². The zero-order chi connectivity index (χ0) is 23.1. The summed E-state index contributed by atoms with van der Waals surface area (Å²) in [6.45, 7) is 8.09. The number of carbonyl (C=O) groups excluding carboxylic acids is 2. The number of benzene rings is 1. The zero-order valence-corrected chi connectivity index (χ0v) is 19.5. The molecule has 0 radical (unpaired) electrons. The molecule has 4 heteroatoms. The molecule has 1 amide bonds. The summed E-state index contributed by atoms with van der Waals surface area (Å²) in [5, 5.41) is 14.1. The molecule has 4 nitrogen and oxygen atoms in total. The number of hydrogen-bond donors (Lipinski definition) is 2. The van der Waals surface area contributed by atoms with Crippen molar-refractivity contribution in [3.63, 3.8) is 0 Å². The Balaban J connectivity index is 1.84. The molecule has 3 aliphatic rings. The van der Waals surface area contributed by atoms with Crippen LogP contribution in [-0.2, 0) is 16.0 Å². The maximum absolute atomic E-state index is 13.9. The van der Waals surface area contributed by atoms with E-state index in [1.54, 1.807) is 13.0 Å². The predicted molar refractivity (Wildman–Crippen MR) is 127 cm³/mol. The van der Waals surface area contributed by atoms with Crippen LogP contribution in [0.1, 0.15) is 46.1 Å². The minimum Gasteiger partial charge on any atom is -0.386 e. The monoisotopic (exact) mass is 433 g/mol. The van der Waals surface area contributed by atoms with Crippen molar-refractivity contribution >= 4 is 11.7 Å². The van der Waals surface area contributed by atoms with Crippen LogP contribution in [0.15, 0.2) is 66.3 Å². The molecule has 2 aliphatic carbocycles. The van der Waals surface area contributed by atoms with E-state index in [-0.39, 0.29) is 41.4 Å². The number of allylic oxidation sites excluding steroid dienone is 5. The smallest absolute Gasteiger partial charge is 0.235 e. The van der Waals surface area contributed by atoms with Crippen LogP contribution in [0.4, 0.5) is 0 Å². The maximum Gasteiger partial charge on any atom is 0.235 e. The first-order valence-electron chi connectivity index (χ1n) is 11.8. The molecule has 170 valence electrons. The van der Waals surface area contributed by atoms with E-state index in [9.17, 15) is 14.7 Å². The lowest BCUT2D eigenvalue weighted by atomic mass is 9.55. The highest BCUT2D eigenvalue weighted by atomic mass is 16.3. The van der Waals surface area contributed by atoms with Crippen LogP contribution < -0.4 is 5.32 Å². The van der Waals surface area contributed by atoms with Crippen LogP contribution >= 0.6 is 0 Å². The minimum atomic E-state index is -1.19. The Morgan fingerprint density at radius 3 is 2.59 bits per heavy atom. The molecule has 0 bridgehead atoms. The Labute approximate surface area is 191 Å². The molecule has 2 N–H and O–H groups in total. The third kappa shape index (κ3) is 3.90. The third-order valence-corrected chi connectivity index (χ3v) is 7.82. The van der Waals surface area contributed by atoms with Crippen LogP contribution in [0, 0.1) is 29.1 Å². The van der Waals surface area contributed by atoms with E-state index in [1.807, 2.05) is 18.2 Å². The average Bonchev–Trinajstić information content (AvgIpc) is 3.02. The molecule has 7 atom stereocenters. The standard InChI is InChI=1S/C28H35NO3/c1-18-9-8-12-22-15-19(2)20(3)25-23(16-21-10-6-5-7-11-21)29-26(31)28(22,25)24(30)13-14-27(4,32)17-18/h5-8,10-15,18,20,22-23,25,32H,9,16-17H2,1-4H3,(H,29,31)/b12-8+,14-13+/t18-,20+,22-,23-,25-,27+,28+/m1/s1. The maximum atomic E-state index is 13.9. The lowest BCUT2D eigenvalue weighted by Crippen LogP contribution is -2.52. The normalized spacial score (nSPS) is 41.5. The summed E-state index contributed by atoms with van der Waals surface area (Å²) in [4.78, 5) is 27.6. The lowest BCUT2D eigenvalue weighted by Gasteiger charge is -2.44. The van der Waals surface area contributed by atoms with Crippen molar-refractivity contribution in [3.05, 3.63) is 71.8 Å². The van der Waals surface area contributed by atoms with E-state index in [2.05, 4.69) is 56.4 Å². The molecular weight excluding hydrogens is 398 g/mol. The second-order valence-corrected chi connectivity index (χ2v) is 10.4. The molecule has 0 saturated carbocycles. The summed E-state index contributed by atoms with van der Waals surface area (Å²) in [5.74, 6) is -0.478. The average molecular weight is 434 g/mol. The number of ketones is 1. The van der Waals surface area contributed by atoms with Crippen molar-refractivity contribution in [2.24, 2.45) is 29.1 Å². The largest absolute Gasteiger partial charge is 0.386 e. The lowest BCUT2D eigenvalue weighted by molar-refractivity contribution is -0.142. The Morgan fingerprint density at radius 2 is 1.88 bits per heavy atom. The van der Waals surface area contributed by atoms with Crippen LogP contribution in [0.3, 0.4) is 0 Å². The summed E-state index contributed by atoms with van der Waals surface area (Å²) in [5.41, 5.74) is 0.105. The molecular formula is C28H35NO3. The van der Waals surface area contributed by atoms with Gasteiger partial charge in [0, 0.05) is 17.9 Å². The Morgan fingerprint density at radius 1 is 1.16 bits per heavy atom. The van der Waals surface area contributed by atoms with Gasteiger partial charge in [-0.15, -0.1) is 0 Å². The second-order valence-electron chi connectivity index (χ2n) is 10.4. The van der Waals surface area contributed by atoms with E-state index in [0.717, 1.165) is 12.0 Å². The van der Waals surface area contributed by atoms with Gasteiger partial charge in [-0.2, -0.15) is 0 Å². The van der Waals surface area contributed by atoms with Gasteiger partial charge in [-0.25, -0.2) is 0 Å². The van der Waals surface area contributed by atoms with Gasteiger partial charge in [0.25, 0.3) is 0 Å². The summed E-state index contributed by atoms with van der Waals surface area (Å²) >= 11 is 0. The highest BCUT2D eigenvalue weighted by Gasteiger charge is 2.64. The van der Waals surface area contributed by atoms with Gasteiger partial charge in [0.05, 0.1) is 5.60 Å². The van der Waals surface area contributed by atoms with E-state index in [1.165, 1.54) is 11.6 Å². The van der Waals surface area contributed by atoms with Crippen LogP contribution in [0.2, 0.25) is 0 Å². The molecule has 4 rings (SSSR count). The van der Waals surface area contributed by atoms with Crippen LogP contribution in [0.5, 0.6) is 0 Å². The van der Waals surface area contributed by atoms with Gasteiger partial charge in [-0.05, 0) is 62.7 Å². The zero-order valence-electron chi connectivity index (χ0n) is 19.5. The molecule has 1 spiro atoms. The first-order chi connectivity index (χ1) is 15.1. The Hall–Kier alpha value is -2.46. The molecule has 0 aromatic heterocycles. The van der Waals surface area contributed by atoms with Crippen molar-refractivity contribution in [3.8, 4) is 0 Å². The van der Waals surface area contributed by atoms with Gasteiger partial charge >= 0.3 is 0 Å². The predicted octanol–water partition coefficient (Wildman–Crippen LogP) is 4.40. The molecule has 1 aromatic carbocycles. The van der Waals surface area contributed by atoms with Gasteiger partial charge < -0.3 is 10.4 Å². The fourth-order valence-electron chi connectivity index (χ4n) is 6.21. The summed E-state index contributed by atoms with van der Waals surface area (Å²) in [6, 6.07) is 10.0. The molecule has 1 saturated heterocycles. The third-order valence-electron chi connectivity index (χ3n) is 7.82. The molecule has 1 fully saturated rings. The van der Waals surface area contributed by atoms with Crippen LogP contribution in [-0.4, -0.2) is 28.4 Å². The topological polar surface area (TPSA) is 66.4 Å². The highest BCUT2D eigenvalue weighted by molar-refractivity contribution is 6.13. The second kappa shape index (κ2) is 8.47. The summed E-state index contributed by atoms with van der Waals surface area (Å²) < 4.78 is 0. The van der Waals surface area contributed by atoms with E-state index in [0.29, 0.717) is 12.8 Å². The molecule has 1 heterocycles.